The minimum Gasteiger partial charge on any atom is -0.468 e. The summed E-state index contributed by atoms with van der Waals surface area (Å²) in [7, 11) is 1.57. The van der Waals surface area contributed by atoms with Crippen molar-refractivity contribution in [3.8, 4) is 17.0 Å². The molecule has 11 heteroatoms. The number of nitrogens with one attached hydrogen (secondary N) is 1. The molecule has 2 saturated heterocycles. The van der Waals surface area contributed by atoms with Crippen molar-refractivity contribution in [3.05, 3.63) is 41.6 Å². The lowest BCUT2D eigenvalue weighted by Gasteiger charge is -2.34. The molecule has 0 saturated carbocycles. The first-order valence-corrected chi connectivity index (χ1v) is 13.1. The second-order valence-electron chi connectivity index (χ2n) is 10.00. The summed E-state index contributed by atoms with van der Waals surface area (Å²) in [6.45, 7) is 4.81. The van der Waals surface area contributed by atoms with Crippen molar-refractivity contribution < 1.29 is 27.4 Å². The van der Waals surface area contributed by atoms with E-state index in [0.717, 1.165) is 52.8 Å². The highest BCUT2D eigenvalue weighted by molar-refractivity contribution is 5.85. The lowest BCUT2D eigenvalue weighted by Crippen LogP contribution is -2.51. The first kappa shape index (κ1) is 26.9. The second-order valence-corrected chi connectivity index (χ2v) is 10.00. The SMILES string of the molecule is COCOc1ccc(-c2cc(CN3CCN[C@H](CC(F)(F)F)C3)c3c(C)nn(C4CCCCO4)c3n2)cc1. The first-order chi connectivity index (χ1) is 18.3. The molecule has 2 aliphatic heterocycles. The number of fused-ring (bicyclic) bond motifs is 1. The number of hydrogen-bond donors (Lipinski definition) is 1. The molecule has 0 bridgehead atoms. The zero-order valence-electron chi connectivity index (χ0n) is 21.8. The van der Waals surface area contributed by atoms with Crippen molar-refractivity contribution in [2.75, 3.05) is 40.1 Å². The number of halogens is 3. The van der Waals surface area contributed by atoms with Crippen LogP contribution in [0.25, 0.3) is 22.3 Å². The monoisotopic (exact) mass is 533 g/mol. The number of methoxy groups -OCH3 is 1. The Morgan fingerprint density at radius 1 is 1.18 bits per heavy atom. The van der Waals surface area contributed by atoms with Gasteiger partial charge in [-0.3, -0.25) is 4.90 Å². The molecule has 2 aromatic heterocycles. The lowest BCUT2D eigenvalue weighted by atomic mass is 10.0. The topological polar surface area (TPSA) is 73.7 Å². The highest BCUT2D eigenvalue weighted by Crippen LogP contribution is 2.33. The van der Waals surface area contributed by atoms with E-state index in [9.17, 15) is 13.2 Å². The van der Waals surface area contributed by atoms with Gasteiger partial charge in [0.25, 0.3) is 0 Å². The molecule has 206 valence electrons. The summed E-state index contributed by atoms with van der Waals surface area (Å²) in [6.07, 6.45) is -2.28. The normalized spacial score (nSPS) is 21.2. The Bertz CT molecular complexity index is 1230. The highest BCUT2D eigenvalue weighted by atomic mass is 19.4. The van der Waals surface area contributed by atoms with Crippen LogP contribution in [0.4, 0.5) is 13.2 Å². The Hall–Kier alpha value is -2.73. The van der Waals surface area contributed by atoms with Gasteiger partial charge in [-0.15, -0.1) is 0 Å². The zero-order valence-corrected chi connectivity index (χ0v) is 21.8. The fraction of sp³-hybridized carbons (Fsp3) is 0.556. The summed E-state index contributed by atoms with van der Waals surface area (Å²) in [5.41, 5.74) is 4.25. The molecule has 38 heavy (non-hydrogen) atoms. The molecule has 0 aliphatic carbocycles. The number of ether oxygens (including phenoxy) is 3. The van der Waals surface area contributed by atoms with Gasteiger partial charge in [0.05, 0.1) is 17.8 Å². The Morgan fingerprint density at radius 3 is 2.71 bits per heavy atom. The number of aromatic nitrogens is 3. The third-order valence-electron chi connectivity index (χ3n) is 7.05. The second kappa shape index (κ2) is 11.6. The maximum absolute atomic E-state index is 13.1. The van der Waals surface area contributed by atoms with Crippen LogP contribution < -0.4 is 10.1 Å². The van der Waals surface area contributed by atoms with Crippen LogP contribution in [-0.4, -0.2) is 72.0 Å². The van der Waals surface area contributed by atoms with Gasteiger partial charge >= 0.3 is 6.18 Å². The first-order valence-electron chi connectivity index (χ1n) is 13.1. The Balaban J connectivity index is 1.51. The molecule has 4 heterocycles. The molecule has 0 amide bonds. The van der Waals surface area contributed by atoms with Crippen LogP contribution in [-0.2, 0) is 16.0 Å². The van der Waals surface area contributed by atoms with Crippen molar-refractivity contribution in [3.63, 3.8) is 0 Å². The average Bonchev–Trinajstić information content (AvgIpc) is 3.24. The van der Waals surface area contributed by atoms with Gasteiger partial charge in [0.1, 0.15) is 5.75 Å². The molecule has 0 spiro atoms. The number of hydrogen-bond acceptors (Lipinski definition) is 7. The van der Waals surface area contributed by atoms with Gasteiger partial charge in [-0.05, 0) is 62.1 Å². The summed E-state index contributed by atoms with van der Waals surface area (Å²) in [5, 5.41) is 8.78. The van der Waals surface area contributed by atoms with E-state index < -0.39 is 18.6 Å². The lowest BCUT2D eigenvalue weighted by molar-refractivity contribution is -0.142. The van der Waals surface area contributed by atoms with E-state index in [1.165, 1.54) is 0 Å². The van der Waals surface area contributed by atoms with Crippen LogP contribution in [0.1, 0.15) is 43.2 Å². The van der Waals surface area contributed by atoms with Gasteiger partial charge in [-0.1, -0.05) is 0 Å². The van der Waals surface area contributed by atoms with Gasteiger partial charge in [-0.25, -0.2) is 9.67 Å². The summed E-state index contributed by atoms with van der Waals surface area (Å²) in [4.78, 5) is 7.11. The number of alkyl halides is 3. The molecule has 2 atom stereocenters. The van der Waals surface area contributed by atoms with E-state index >= 15 is 0 Å². The molecule has 1 N–H and O–H groups in total. The maximum Gasteiger partial charge on any atom is 0.390 e. The smallest absolute Gasteiger partial charge is 0.390 e. The molecule has 3 aromatic rings. The molecule has 0 radical (unpaired) electrons. The van der Waals surface area contributed by atoms with Crippen molar-refractivity contribution >= 4 is 11.0 Å². The standard InChI is InChI=1S/C27H34F3N5O3/c1-18-25-20(15-34-11-10-31-21(16-34)14-27(28,29)30)13-23(19-6-8-22(9-7-19)38-17-36-2)32-26(25)35(33-18)24-5-3-4-12-37-24/h6-9,13,21,24,31H,3-5,10-12,14-17H2,1-2H3/t21-,24?/m1/s1. The van der Waals surface area contributed by atoms with Gasteiger partial charge < -0.3 is 19.5 Å². The fourth-order valence-corrected chi connectivity index (χ4v) is 5.34. The van der Waals surface area contributed by atoms with Crippen molar-refractivity contribution in [2.45, 2.75) is 57.6 Å². The minimum absolute atomic E-state index is 0.160. The van der Waals surface area contributed by atoms with Crippen molar-refractivity contribution in [1.29, 1.82) is 0 Å². The highest BCUT2D eigenvalue weighted by Gasteiger charge is 2.34. The van der Waals surface area contributed by atoms with Crippen molar-refractivity contribution in [2.24, 2.45) is 0 Å². The predicted octanol–water partition coefficient (Wildman–Crippen LogP) is 4.81. The third kappa shape index (κ3) is 6.28. The number of piperazine rings is 1. The van der Waals surface area contributed by atoms with Gasteiger partial charge in [0.15, 0.2) is 18.7 Å². The number of aryl methyl sites for hydroxylation is 1. The van der Waals surface area contributed by atoms with Crippen LogP contribution in [0.2, 0.25) is 0 Å². The summed E-state index contributed by atoms with van der Waals surface area (Å²) >= 11 is 0. The number of benzene rings is 1. The summed E-state index contributed by atoms with van der Waals surface area (Å²) < 4.78 is 57.6. The molecule has 2 fully saturated rings. The number of nitrogens with zero attached hydrogens (tertiary/aromatic N) is 4. The Labute approximate surface area is 220 Å². The van der Waals surface area contributed by atoms with Crippen LogP contribution in [0.15, 0.2) is 30.3 Å². The van der Waals surface area contributed by atoms with E-state index in [2.05, 4.69) is 10.2 Å². The van der Waals surface area contributed by atoms with Crippen molar-refractivity contribution in [1.82, 2.24) is 25.0 Å². The largest absolute Gasteiger partial charge is 0.468 e. The number of rotatable bonds is 8. The Morgan fingerprint density at radius 2 is 2.00 bits per heavy atom. The van der Waals surface area contributed by atoms with Gasteiger partial charge in [0.2, 0.25) is 0 Å². The average molecular weight is 534 g/mol. The van der Waals surface area contributed by atoms with E-state index in [1.807, 2.05) is 41.9 Å². The molecule has 1 unspecified atom stereocenters. The quantitative estimate of drug-likeness (QED) is 0.417. The molecular weight excluding hydrogens is 499 g/mol. The molecule has 2 aliphatic rings. The fourth-order valence-electron chi connectivity index (χ4n) is 5.34. The van der Waals surface area contributed by atoms with E-state index in [4.69, 9.17) is 24.3 Å². The van der Waals surface area contributed by atoms with Crippen LogP contribution in [0.3, 0.4) is 0 Å². The van der Waals surface area contributed by atoms with Crippen LogP contribution in [0.5, 0.6) is 5.75 Å². The minimum atomic E-state index is -4.20. The van der Waals surface area contributed by atoms with Crippen LogP contribution in [0, 0.1) is 6.92 Å². The summed E-state index contributed by atoms with van der Waals surface area (Å²) in [6, 6.07) is 9.03. The van der Waals surface area contributed by atoms with Crippen LogP contribution >= 0.6 is 0 Å². The summed E-state index contributed by atoms with van der Waals surface area (Å²) in [5.74, 6) is 0.685. The molecular formula is C27H34F3N5O3. The predicted molar refractivity (Wildman–Crippen MR) is 137 cm³/mol. The molecule has 8 nitrogen and oxygen atoms in total. The third-order valence-corrected chi connectivity index (χ3v) is 7.05. The van der Waals surface area contributed by atoms with E-state index in [0.29, 0.717) is 38.5 Å². The van der Waals surface area contributed by atoms with Gasteiger partial charge in [0, 0.05) is 56.9 Å². The van der Waals surface area contributed by atoms with E-state index in [1.54, 1.807) is 7.11 Å². The number of pyridine rings is 1. The Kier molecular flexibility index (Phi) is 8.18. The zero-order chi connectivity index (χ0) is 26.7. The molecule has 5 rings (SSSR count). The maximum atomic E-state index is 13.1. The van der Waals surface area contributed by atoms with Gasteiger partial charge in [-0.2, -0.15) is 18.3 Å². The molecule has 1 aromatic carbocycles. The van der Waals surface area contributed by atoms with E-state index in [-0.39, 0.29) is 13.0 Å².